The molecule has 1 rings (SSSR count). The van der Waals surface area contributed by atoms with Crippen LogP contribution in [0, 0.1) is 6.92 Å². The van der Waals surface area contributed by atoms with Crippen molar-refractivity contribution in [3.8, 4) is 0 Å². The van der Waals surface area contributed by atoms with Gasteiger partial charge in [0, 0.05) is 13.6 Å². The maximum Gasteiger partial charge on any atom is 0.329 e. The summed E-state index contributed by atoms with van der Waals surface area (Å²) in [5.74, 6) is -1.10. The van der Waals surface area contributed by atoms with Crippen molar-refractivity contribution in [2.24, 2.45) is 0 Å². The summed E-state index contributed by atoms with van der Waals surface area (Å²) in [5.41, 5.74) is 0.552. The SMILES string of the molecule is Cc1cccc(Cl)c1S(=O)(=O)N(C)CCOCC(=O)O. The number of nitrogens with zero attached hydrogens (tertiary/aromatic N) is 1. The van der Waals surface area contributed by atoms with E-state index in [2.05, 4.69) is 0 Å². The van der Waals surface area contributed by atoms with Crippen molar-refractivity contribution in [3.05, 3.63) is 28.8 Å². The minimum atomic E-state index is -3.73. The molecule has 0 aliphatic rings. The predicted molar refractivity (Wildman–Crippen MR) is 74.5 cm³/mol. The Hall–Kier alpha value is -1.15. The normalized spacial score (nSPS) is 11.8. The number of carbonyl (C=O) groups is 1. The van der Waals surface area contributed by atoms with E-state index in [-0.39, 0.29) is 23.1 Å². The summed E-state index contributed by atoms with van der Waals surface area (Å²) < 4.78 is 30.6. The van der Waals surface area contributed by atoms with Gasteiger partial charge in [-0.15, -0.1) is 0 Å². The van der Waals surface area contributed by atoms with E-state index in [0.717, 1.165) is 4.31 Å². The number of benzene rings is 1. The molecule has 0 aliphatic heterocycles. The van der Waals surface area contributed by atoms with Gasteiger partial charge in [-0.3, -0.25) is 0 Å². The topological polar surface area (TPSA) is 83.9 Å². The van der Waals surface area contributed by atoms with Crippen LogP contribution in [0.4, 0.5) is 0 Å². The number of likely N-dealkylation sites (N-methyl/N-ethyl adjacent to an activating group) is 1. The number of carboxylic acids is 1. The monoisotopic (exact) mass is 321 g/mol. The molecule has 0 aromatic heterocycles. The summed E-state index contributed by atoms with van der Waals surface area (Å²) in [6.45, 7) is 1.23. The van der Waals surface area contributed by atoms with Gasteiger partial charge in [-0.2, -0.15) is 4.31 Å². The Bertz CT molecular complexity index is 567. The van der Waals surface area contributed by atoms with Crippen molar-refractivity contribution in [1.82, 2.24) is 4.31 Å². The molecule has 0 bridgehead atoms. The first kappa shape index (κ1) is 16.9. The summed E-state index contributed by atoms with van der Waals surface area (Å²) in [4.78, 5) is 10.3. The molecule has 0 fully saturated rings. The van der Waals surface area contributed by atoms with Crippen LogP contribution in [0.2, 0.25) is 5.02 Å². The molecule has 1 aromatic carbocycles. The summed E-state index contributed by atoms with van der Waals surface area (Å²) in [7, 11) is -2.34. The molecule has 20 heavy (non-hydrogen) atoms. The van der Waals surface area contributed by atoms with Crippen LogP contribution in [0.5, 0.6) is 0 Å². The van der Waals surface area contributed by atoms with E-state index in [1.165, 1.54) is 13.1 Å². The van der Waals surface area contributed by atoms with Gasteiger partial charge in [-0.05, 0) is 18.6 Å². The molecule has 112 valence electrons. The number of hydrogen-bond donors (Lipinski definition) is 1. The van der Waals surface area contributed by atoms with Gasteiger partial charge in [-0.1, -0.05) is 23.7 Å². The molecule has 1 N–H and O–H groups in total. The Morgan fingerprint density at radius 3 is 2.65 bits per heavy atom. The van der Waals surface area contributed by atoms with E-state index >= 15 is 0 Å². The summed E-state index contributed by atoms with van der Waals surface area (Å²) in [5, 5.41) is 8.57. The molecule has 6 nitrogen and oxygen atoms in total. The number of halogens is 1. The predicted octanol–water partition coefficient (Wildman–Crippen LogP) is 1.37. The molecule has 8 heteroatoms. The van der Waals surface area contributed by atoms with E-state index in [1.54, 1.807) is 19.1 Å². The third-order valence-electron chi connectivity index (χ3n) is 2.61. The molecule has 0 unspecified atom stereocenters. The molecule has 0 saturated heterocycles. The lowest BCUT2D eigenvalue weighted by molar-refractivity contribution is -0.142. The van der Waals surface area contributed by atoms with Gasteiger partial charge >= 0.3 is 5.97 Å². The minimum absolute atomic E-state index is 0.00840. The van der Waals surface area contributed by atoms with Gasteiger partial charge < -0.3 is 9.84 Å². The lowest BCUT2D eigenvalue weighted by Gasteiger charge is -2.19. The van der Waals surface area contributed by atoms with Crippen molar-refractivity contribution in [2.45, 2.75) is 11.8 Å². The molecule has 0 aliphatic carbocycles. The van der Waals surface area contributed by atoms with Crippen molar-refractivity contribution in [2.75, 3.05) is 26.8 Å². The third-order valence-corrected chi connectivity index (χ3v) is 5.10. The Kier molecular flexibility index (Phi) is 5.94. The third kappa shape index (κ3) is 4.17. The highest BCUT2D eigenvalue weighted by molar-refractivity contribution is 7.89. The van der Waals surface area contributed by atoms with Crippen LogP contribution >= 0.6 is 11.6 Å². The lowest BCUT2D eigenvalue weighted by Crippen LogP contribution is -2.31. The molecule has 0 amide bonds. The standard InChI is InChI=1S/C12H16ClNO5S/c1-9-4-3-5-10(13)12(9)20(17,18)14(2)6-7-19-8-11(15)16/h3-5H,6-8H2,1-2H3,(H,15,16). The fourth-order valence-corrected chi connectivity index (χ4v) is 3.50. The van der Waals surface area contributed by atoms with E-state index in [1.807, 2.05) is 0 Å². The van der Waals surface area contributed by atoms with Gasteiger partial charge in [0.2, 0.25) is 10.0 Å². The second kappa shape index (κ2) is 7.03. The molecular weight excluding hydrogens is 306 g/mol. The van der Waals surface area contributed by atoms with E-state index < -0.39 is 22.6 Å². The van der Waals surface area contributed by atoms with Gasteiger partial charge in [-0.25, -0.2) is 13.2 Å². The Balaban J connectivity index is 2.80. The van der Waals surface area contributed by atoms with Crippen LogP contribution in [-0.2, 0) is 19.6 Å². The highest BCUT2D eigenvalue weighted by Crippen LogP contribution is 2.26. The second-order valence-corrected chi connectivity index (χ2v) is 6.55. The Morgan fingerprint density at radius 2 is 2.10 bits per heavy atom. The van der Waals surface area contributed by atoms with Crippen molar-refractivity contribution in [3.63, 3.8) is 0 Å². The number of carboxylic acid groups (broad SMARTS) is 1. The lowest BCUT2D eigenvalue weighted by atomic mass is 10.2. The smallest absolute Gasteiger partial charge is 0.329 e. The van der Waals surface area contributed by atoms with E-state index in [9.17, 15) is 13.2 Å². The number of rotatable bonds is 7. The number of aryl methyl sites for hydroxylation is 1. The van der Waals surface area contributed by atoms with Crippen LogP contribution in [0.3, 0.4) is 0 Å². The van der Waals surface area contributed by atoms with Gasteiger partial charge in [0.05, 0.1) is 11.6 Å². The van der Waals surface area contributed by atoms with Gasteiger partial charge in [0.15, 0.2) is 0 Å². The average Bonchev–Trinajstić information content (AvgIpc) is 2.33. The fraction of sp³-hybridized carbons (Fsp3) is 0.417. The van der Waals surface area contributed by atoms with Crippen LogP contribution in [0.15, 0.2) is 23.1 Å². The molecule has 0 radical (unpaired) electrons. The molecule has 0 heterocycles. The Labute approximate surface area is 123 Å². The average molecular weight is 322 g/mol. The van der Waals surface area contributed by atoms with E-state index in [4.69, 9.17) is 21.4 Å². The zero-order chi connectivity index (χ0) is 15.3. The van der Waals surface area contributed by atoms with Crippen LogP contribution in [0.1, 0.15) is 5.56 Å². The van der Waals surface area contributed by atoms with Gasteiger partial charge in [0.1, 0.15) is 11.5 Å². The van der Waals surface area contributed by atoms with Crippen LogP contribution in [0.25, 0.3) is 0 Å². The van der Waals surface area contributed by atoms with Crippen LogP contribution in [-0.4, -0.2) is 50.6 Å². The molecule has 0 atom stereocenters. The minimum Gasteiger partial charge on any atom is -0.480 e. The maximum atomic E-state index is 12.4. The fourth-order valence-electron chi connectivity index (χ4n) is 1.57. The highest BCUT2D eigenvalue weighted by atomic mass is 35.5. The number of hydrogen-bond acceptors (Lipinski definition) is 4. The first-order valence-corrected chi connectivity index (χ1v) is 7.59. The quantitative estimate of drug-likeness (QED) is 0.767. The van der Waals surface area contributed by atoms with Crippen molar-refractivity contribution in [1.29, 1.82) is 0 Å². The zero-order valence-electron chi connectivity index (χ0n) is 11.2. The first-order chi connectivity index (χ1) is 9.26. The Morgan fingerprint density at radius 1 is 1.45 bits per heavy atom. The second-order valence-electron chi connectivity index (χ2n) is 4.16. The van der Waals surface area contributed by atoms with Gasteiger partial charge in [0.25, 0.3) is 0 Å². The number of ether oxygens (including phenoxy) is 1. The summed E-state index contributed by atoms with van der Waals surface area (Å²) >= 11 is 5.95. The van der Waals surface area contributed by atoms with E-state index in [0.29, 0.717) is 5.56 Å². The summed E-state index contributed by atoms with van der Waals surface area (Å²) in [6.07, 6.45) is 0. The first-order valence-electron chi connectivity index (χ1n) is 5.78. The van der Waals surface area contributed by atoms with Crippen molar-refractivity contribution < 1.29 is 23.1 Å². The number of aliphatic carboxylic acids is 1. The molecule has 0 spiro atoms. The molecule has 0 saturated carbocycles. The molecular formula is C12H16ClNO5S. The highest BCUT2D eigenvalue weighted by Gasteiger charge is 2.25. The largest absolute Gasteiger partial charge is 0.480 e. The maximum absolute atomic E-state index is 12.4. The summed E-state index contributed by atoms with van der Waals surface area (Å²) in [6, 6.07) is 4.84. The van der Waals surface area contributed by atoms with Crippen molar-refractivity contribution >= 4 is 27.6 Å². The van der Waals surface area contributed by atoms with Crippen LogP contribution < -0.4 is 0 Å². The number of sulfonamides is 1. The zero-order valence-corrected chi connectivity index (χ0v) is 12.7. The molecule has 1 aromatic rings.